The lowest BCUT2D eigenvalue weighted by Gasteiger charge is -2.36. The number of pyridine rings is 1. The minimum Gasteiger partial charge on any atom is -0.385 e. The van der Waals surface area contributed by atoms with Gasteiger partial charge >= 0.3 is 0 Å². The lowest BCUT2D eigenvalue weighted by atomic mass is 10.0. The molecule has 0 amide bonds. The van der Waals surface area contributed by atoms with Crippen molar-refractivity contribution in [1.82, 2.24) is 15.2 Å². The molecule has 2 aromatic carbocycles. The minimum atomic E-state index is 0.225. The van der Waals surface area contributed by atoms with Gasteiger partial charge in [0.25, 0.3) is 0 Å². The van der Waals surface area contributed by atoms with Crippen LogP contribution in [0.3, 0.4) is 0 Å². The zero-order valence-electron chi connectivity index (χ0n) is 26.1. The molecular formula is C38H49N5. The van der Waals surface area contributed by atoms with Crippen LogP contribution in [0.5, 0.6) is 0 Å². The van der Waals surface area contributed by atoms with Crippen LogP contribution in [0.2, 0.25) is 0 Å². The highest BCUT2D eigenvalue weighted by atomic mass is 15.2. The second kappa shape index (κ2) is 14.5. The Balaban J connectivity index is 1.14. The first kappa shape index (κ1) is 30.5. The monoisotopic (exact) mass is 575 g/mol. The van der Waals surface area contributed by atoms with Crippen molar-refractivity contribution >= 4 is 33.7 Å². The second-order valence-electron chi connectivity index (χ2n) is 12.2. The van der Waals surface area contributed by atoms with Gasteiger partial charge in [0.1, 0.15) is 0 Å². The van der Waals surface area contributed by atoms with Crippen molar-refractivity contribution in [2.24, 2.45) is 0 Å². The summed E-state index contributed by atoms with van der Waals surface area (Å²) in [6, 6.07) is 17.3. The topological polar surface area (TPSA) is 52.2 Å². The first-order valence-corrected chi connectivity index (χ1v) is 16.3. The summed E-state index contributed by atoms with van der Waals surface area (Å²) in [6.07, 6.45) is 14.0. The largest absolute Gasteiger partial charge is 0.385 e. The standard InChI is InChI=1S/C38H49N5/c1-6-7-8-9-10-11-12-13-14-23-39-33-19-16-31-18-21-36(42-37(31)25-33)28(3)41-34-20-17-32-26-43(30(5)35(32)24-34)38-22-15-27(2)40-29(38)4/h16-21,24-25,38-41H,2-15,22-23,26H2,1H3. The van der Waals surface area contributed by atoms with Gasteiger partial charge in [-0.3, -0.25) is 0 Å². The first-order chi connectivity index (χ1) is 20.9. The molecular weight excluding hydrogens is 526 g/mol. The zero-order valence-corrected chi connectivity index (χ0v) is 26.1. The number of anilines is 2. The Labute approximate surface area is 258 Å². The number of nitrogens with zero attached hydrogens (tertiary/aromatic N) is 2. The number of benzene rings is 2. The van der Waals surface area contributed by atoms with Gasteiger partial charge in [0.15, 0.2) is 0 Å². The Kier molecular flexibility index (Phi) is 10.2. The van der Waals surface area contributed by atoms with Crippen LogP contribution >= 0.6 is 0 Å². The Hall–Kier alpha value is -3.99. The van der Waals surface area contributed by atoms with Gasteiger partial charge in [-0.25, -0.2) is 4.98 Å². The summed E-state index contributed by atoms with van der Waals surface area (Å²) < 4.78 is 0. The first-order valence-electron chi connectivity index (χ1n) is 16.3. The van der Waals surface area contributed by atoms with E-state index in [1.54, 1.807) is 0 Å². The quantitative estimate of drug-likeness (QED) is 0.157. The lowest BCUT2D eigenvalue weighted by molar-refractivity contribution is 0.297. The molecule has 5 nitrogen and oxygen atoms in total. The third-order valence-corrected chi connectivity index (χ3v) is 8.85. The van der Waals surface area contributed by atoms with Gasteiger partial charge in [-0.1, -0.05) is 103 Å². The maximum atomic E-state index is 4.95. The van der Waals surface area contributed by atoms with Crippen LogP contribution in [0.15, 0.2) is 86.2 Å². The molecule has 0 radical (unpaired) electrons. The Morgan fingerprint density at radius 1 is 0.907 bits per heavy atom. The van der Waals surface area contributed by atoms with Crippen LogP contribution < -0.4 is 16.0 Å². The third-order valence-electron chi connectivity index (χ3n) is 8.85. The van der Waals surface area contributed by atoms with Gasteiger partial charge < -0.3 is 20.9 Å². The number of unbranched alkanes of at least 4 members (excludes halogenated alkanes) is 8. The fraction of sp³-hybridized carbons (Fsp3) is 0.395. The molecule has 1 atom stereocenters. The van der Waals surface area contributed by atoms with Crippen LogP contribution in [0, 0.1) is 0 Å². The molecule has 5 rings (SSSR count). The maximum Gasteiger partial charge on any atom is 0.0866 e. The average Bonchev–Trinajstić information content (AvgIpc) is 3.32. The molecule has 1 aromatic heterocycles. The smallest absolute Gasteiger partial charge is 0.0866 e. The van der Waals surface area contributed by atoms with Crippen molar-refractivity contribution in [3.63, 3.8) is 0 Å². The van der Waals surface area contributed by atoms with Gasteiger partial charge in [-0.05, 0) is 55.2 Å². The summed E-state index contributed by atoms with van der Waals surface area (Å²) >= 11 is 0. The van der Waals surface area contributed by atoms with Crippen LogP contribution in [-0.4, -0.2) is 22.5 Å². The van der Waals surface area contributed by atoms with Crippen LogP contribution in [0.1, 0.15) is 94.4 Å². The van der Waals surface area contributed by atoms with Gasteiger partial charge in [0.05, 0.1) is 22.9 Å². The molecule has 3 N–H and O–H groups in total. The molecule has 2 aliphatic rings. The van der Waals surface area contributed by atoms with Gasteiger partial charge in [0, 0.05) is 52.5 Å². The van der Waals surface area contributed by atoms with Crippen LogP contribution in [0.4, 0.5) is 11.4 Å². The molecule has 5 heteroatoms. The highest BCUT2D eigenvalue weighted by Gasteiger charge is 2.32. The van der Waals surface area contributed by atoms with E-state index >= 15 is 0 Å². The Bertz CT molecular complexity index is 1480. The van der Waals surface area contributed by atoms with Crippen molar-refractivity contribution < 1.29 is 0 Å². The molecule has 2 aliphatic heterocycles. The average molecular weight is 576 g/mol. The van der Waals surface area contributed by atoms with E-state index in [1.807, 2.05) is 6.07 Å². The van der Waals surface area contributed by atoms with Gasteiger partial charge in [-0.2, -0.15) is 0 Å². The van der Waals surface area contributed by atoms with Crippen molar-refractivity contribution in [3.05, 3.63) is 103 Å². The Morgan fingerprint density at radius 3 is 2.40 bits per heavy atom. The number of allylic oxidation sites excluding steroid dienone is 1. The summed E-state index contributed by atoms with van der Waals surface area (Å²) in [5, 5.41) is 11.6. The van der Waals surface area contributed by atoms with E-state index in [1.165, 1.54) is 68.9 Å². The molecule has 1 saturated heterocycles. The van der Waals surface area contributed by atoms with Crippen LogP contribution in [-0.2, 0) is 6.54 Å². The molecule has 3 aromatic rings. The number of hydrogen-bond donors (Lipinski definition) is 3. The summed E-state index contributed by atoms with van der Waals surface area (Å²) in [4.78, 5) is 7.31. The molecule has 226 valence electrons. The fourth-order valence-electron chi connectivity index (χ4n) is 6.30. The van der Waals surface area contributed by atoms with Crippen molar-refractivity contribution in [2.45, 2.75) is 90.1 Å². The highest BCUT2D eigenvalue weighted by molar-refractivity contribution is 5.85. The summed E-state index contributed by atoms with van der Waals surface area (Å²) in [5.74, 6) is 0. The maximum absolute atomic E-state index is 4.95. The van der Waals surface area contributed by atoms with Crippen LogP contribution in [0.25, 0.3) is 22.3 Å². The predicted octanol–water partition coefficient (Wildman–Crippen LogP) is 9.83. The SMILES string of the molecule is C=C1CCC(N2Cc3ccc(NC(=C)c4ccc5ccc(NCCCCCCCCCCC)cc5n4)cc3C2=C)C(=C)N1. The van der Waals surface area contributed by atoms with Crippen molar-refractivity contribution in [3.8, 4) is 0 Å². The van der Waals surface area contributed by atoms with Crippen molar-refractivity contribution in [1.29, 1.82) is 0 Å². The van der Waals surface area contributed by atoms with E-state index in [2.05, 4.69) is 96.6 Å². The summed E-state index contributed by atoms with van der Waals surface area (Å²) in [7, 11) is 0. The predicted molar refractivity (Wildman–Crippen MR) is 186 cm³/mol. The molecule has 1 fully saturated rings. The molecule has 3 heterocycles. The summed E-state index contributed by atoms with van der Waals surface area (Å²) in [5.41, 5.74) is 10.2. The normalized spacial score (nSPS) is 16.3. The number of aromatic nitrogens is 1. The number of fused-ring (bicyclic) bond motifs is 2. The fourth-order valence-corrected chi connectivity index (χ4v) is 6.30. The number of rotatable bonds is 15. The number of piperidine rings is 1. The van der Waals surface area contributed by atoms with E-state index < -0.39 is 0 Å². The third kappa shape index (κ3) is 7.70. The number of hydrogen-bond acceptors (Lipinski definition) is 5. The van der Waals surface area contributed by atoms with Crippen molar-refractivity contribution in [2.75, 3.05) is 17.2 Å². The van der Waals surface area contributed by atoms with E-state index in [4.69, 9.17) is 4.98 Å². The van der Waals surface area contributed by atoms with E-state index in [0.29, 0.717) is 0 Å². The van der Waals surface area contributed by atoms with E-state index in [9.17, 15) is 0 Å². The lowest BCUT2D eigenvalue weighted by Crippen LogP contribution is -2.39. The van der Waals surface area contributed by atoms with Gasteiger partial charge in [0.2, 0.25) is 0 Å². The van der Waals surface area contributed by atoms with Gasteiger partial charge in [-0.15, -0.1) is 0 Å². The molecule has 0 aliphatic carbocycles. The number of nitrogens with one attached hydrogen (secondary N) is 3. The van der Waals surface area contributed by atoms with E-state index in [-0.39, 0.29) is 6.04 Å². The highest BCUT2D eigenvalue weighted by Crippen LogP contribution is 2.38. The molecule has 0 saturated carbocycles. The Morgan fingerprint density at radius 2 is 1.63 bits per heavy atom. The molecule has 0 bridgehead atoms. The summed E-state index contributed by atoms with van der Waals surface area (Å²) in [6.45, 7) is 21.2. The second-order valence-corrected chi connectivity index (χ2v) is 12.2. The van der Waals surface area contributed by atoms with E-state index in [0.717, 1.165) is 76.7 Å². The zero-order chi connectivity index (χ0) is 30.2. The minimum absolute atomic E-state index is 0.225. The molecule has 43 heavy (non-hydrogen) atoms. The molecule has 0 spiro atoms. The molecule has 1 unspecified atom stereocenters.